The van der Waals surface area contributed by atoms with Gasteiger partial charge in [0.15, 0.2) is 11.6 Å². The second kappa shape index (κ2) is 10.4. The Morgan fingerprint density at radius 1 is 1.19 bits per heavy atom. The summed E-state index contributed by atoms with van der Waals surface area (Å²) >= 11 is 0. The van der Waals surface area contributed by atoms with Gasteiger partial charge in [-0.05, 0) is 43.2 Å². The highest BCUT2D eigenvalue weighted by molar-refractivity contribution is 5.75. The summed E-state index contributed by atoms with van der Waals surface area (Å²) in [6.07, 6.45) is -0.107. The van der Waals surface area contributed by atoms with Crippen molar-refractivity contribution in [3.05, 3.63) is 59.9 Å². The van der Waals surface area contributed by atoms with Crippen LogP contribution in [0.1, 0.15) is 18.4 Å². The van der Waals surface area contributed by atoms with E-state index in [4.69, 9.17) is 9.47 Å². The van der Waals surface area contributed by atoms with Gasteiger partial charge in [-0.25, -0.2) is 4.39 Å². The largest absolute Gasteiger partial charge is 0.491 e. The number of para-hydroxylation sites is 1. The molecule has 0 aliphatic heterocycles. The van der Waals surface area contributed by atoms with Gasteiger partial charge < -0.3 is 19.9 Å². The van der Waals surface area contributed by atoms with Crippen LogP contribution in [0, 0.1) is 12.7 Å². The molecule has 6 heteroatoms. The van der Waals surface area contributed by atoms with Crippen LogP contribution in [-0.4, -0.2) is 36.9 Å². The van der Waals surface area contributed by atoms with Gasteiger partial charge in [-0.1, -0.05) is 24.3 Å². The standard InChI is InChI=1S/C20H24FNO4/c1-15-6-4-7-17(12-15)26-14-16(23)13-22-20(24)10-5-11-25-19-9-3-2-8-18(19)21/h2-4,6-9,12,16,23H,5,10-11,13-14H2,1H3,(H,22,24). The van der Waals surface area contributed by atoms with Crippen molar-refractivity contribution in [3.63, 3.8) is 0 Å². The maximum Gasteiger partial charge on any atom is 0.220 e. The van der Waals surface area contributed by atoms with Gasteiger partial charge in [0.05, 0.1) is 6.61 Å². The predicted molar refractivity (Wildman–Crippen MR) is 96.8 cm³/mol. The lowest BCUT2D eigenvalue weighted by atomic mass is 10.2. The van der Waals surface area contributed by atoms with Crippen LogP contribution < -0.4 is 14.8 Å². The molecule has 0 aromatic heterocycles. The average Bonchev–Trinajstić information content (AvgIpc) is 2.63. The number of rotatable bonds is 10. The molecule has 26 heavy (non-hydrogen) atoms. The molecule has 140 valence electrons. The van der Waals surface area contributed by atoms with Gasteiger partial charge in [0.1, 0.15) is 18.5 Å². The molecule has 1 atom stereocenters. The van der Waals surface area contributed by atoms with Gasteiger partial charge in [-0.15, -0.1) is 0 Å². The topological polar surface area (TPSA) is 67.8 Å². The molecule has 0 radical (unpaired) electrons. The molecule has 2 N–H and O–H groups in total. The first-order valence-corrected chi connectivity index (χ1v) is 8.56. The van der Waals surface area contributed by atoms with Gasteiger partial charge in [-0.2, -0.15) is 0 Å². The third-order valence-corrected chi connectivity index (χ3v) is 3.61. The second-order valence-corrected chi connectivity index (χ2v) is 5.97. The predicted octanol–water partition coefficient (Wildman–Crippen LogP) is 2.85. The summed E-state index contributed by atoms with van der Waals surface area (Å²) in [5, 5.41) is 12.5. The molecule has 1 unspecified atom stereocenters. The molecule has 0 fully saturated rings. The Morgan fingerprint density at radius 2 is 2.00 bits per heavy atom. The van der Waals surface area contributed by atoms with Crippen molar-refractivity contribution in [1.29, 1.82) is 0 Å². The van der Waals surface area contributed by atoms with E-state index in [1.54, 1.807) is 18.2 Å². The normalized spacial score (nSPS) is 11.7. The summed E-state index contributed by atoms with van der Waals surface area (Å²) in [4.78, 5) is 11.8. The molecule has 0 aliphatic rings. The monoisotopic (exact) mass is 361 g/mol. The Kier molecular flexibility index (Phi) is 7.89. The van der Waals surface area contributed by atoms with Crippen LogP contribution in [0.15, 0.2) is 48.5 Å². The number of aryl methyl sites for hydroxylation is 1. The molecule has 0 spiro atoms. The lowest BCUT2D eigenvalue weighted by Gasteiger charge is -2.13. The Labute approximate surface area is 152 Å². The number of aliphatic hydroxyl groups is 1. The molecular formula is C20H24FNO4. The first kappa shape index (κ1) is 19.7. The molecule has 2 aromatic carbocycles. The van der Waals surface area contributed by atoms with E-state index in [-0.39, 0.29) is 37.8 Å². The van der Waals surface area contributed by atoms with E-state index in [1.165, 1.54) is 6.07 Å². The van der Waals surface area contributed by atoms with Gasteiger partial charge in [0, 0.05) is 13.0 Å². The number of benzene rings is 2. The van der Waals surface area contributed by atoms with Crippen molar-refractivity contribution < 1.29 is 23.8 Å². The first-order valence-electron chi connectivity index (χ1n) is 8.56. The summed E-state index contributed by atoms with van der Waals surface area (Å²) in [7, 11) is 0. The number of carbonyl (C=O) groups is 1. The van der Waals surface area contributed by atoms with E-state index in [9.17, 15) is 14.3 Å². The Balaban J connectivity index is 1.57. The van der Waals surface area contributed by atoms with E-state index in [1.807, 2.05) is 31.2 Å². The van der Waals surface area contributed by atoms with Gasteiger partial charge >= 0.3 is 0 Å². The summed E-state index contributed by atoms with van der Waals surface area (Å²) < 4.78 is 24.1. The van der Waals surface area contributed by atoms with E-state index in [2.05, 4.69) is 5.32 Å². The number of ether oxygens (including phenoxy) is 2. The molecule has 0 saturated carbocycles. The van der Waals surface area contributed by atoms with Crippen LogP contribution in [0.5, 0.6) is 11.5 Å². The number of aliphatic hydroxyl groups excluding tert-OH is 1. The minimum atomic E-state index is -0.797. The van der Waals surface area contributed by atoms with E-state index in [0.29, 0.717) is 12.2 Å². The number of amides is 1. The Hall–Kier alpha value is -2.60. The zero-order valence-electron chi connectivity index (χ0n) is 14.8. The SMILES string of the molecule is Cc1cccc(OCC(O)CNC(=O)CCCOc2ccccc2F)c1. The minimum Gasteiger partial charge on any atom is -0.491 e. The van der Waals surface area contributed by atoms with Crippen molar-refractivity contribution in [1.82, 2.24) is 5.32 Å². The summed E-state index contributed by atoms with van der Waals surface area (Å²) in [5.41, 5.74) is 1.07. The zero-order valence-corrected chi connectivity index (χ0v) is 14.8. The molecule has 0 bridgehead atoms. The van der Waals surface area contributed by atoms with E-state index in [0.717, 1.165) is 5.56 Å². The first-order chi connectivity index (χ1) is 12.5. The zero-order chi connectivity index (χ0) is 18.8. The number of hydrogen-bond acceptors (Lipinski definition) is 4. The van der Waals surface area contributed by atoms with Crippen LogP contribution in [0.25, 0.3) is 0 Å². The van der Waals surface area contributed by atoms with Crippen LogP contribution in [0.2, 0.25) is 0 Å². The smallest absolute Gasteiger partial charge is 0.220 e. The van der Waals surface area contributed by atoms with E-state index >= 15 is 0 Å². The maximum atomic E-state index is 13.4. The molecule has 0 aliphatic carbocycles. The number of hydrogen-bond donors (Lipinski definition) is 2. The van der Waals surface area contributed by atoms with Crippen molar-refractivity contribution in [2.45, 2.75) is 25.9 Å². The average molecular weight is 361 g/mol. The highest BCUT2D eigenvalue weighted by Crippen LogP contribution is 2.15. The minimum absolute atomic E-state index is 0.0973. The second-order valence-electron chi connectivity index (χ2n) is 5.97. The quantitative estimate of drug-likeness (QED) is 0.639. The van der Waals surface area contributed by atoms with Gasteiger partial charge in [0.2, 0.25) is 5.91 Å². The van der Waals surface area contributed by atoms with Crippen LogP contribution in [0.4, 0.5) is 4.39 Å². The number of carbonyl (C=O) groups excluding carboxylic acids is 1. The van der Waals surface area contributed by atoms with Crippen LogP contribution in [-0.2, 0) is 4.79 Å². The van der Waals surface area contributed by atoms with Crippen molar-refractivity contribution in [2.75, 3.05) is 19.8 Å². The highest BCUT2D eigenvalue weighted by Gasteiger charge is 2.09. The molecule has 2 aromatic rings. The summed E-state index contributed by atoms with van der Waals surface area (Å²) in [6, 6.07) is 13.7. The van der Waals surface area contributed by atoms with Gasteiger partial charge in [-0.3, -0.25) is 4.79 Å². The fraction of sp³-hybridized carbons (Fsp3) is 0.350. The maximum absolute atomic E-state index is 13.4. The molecule has 0 heterocycles. The molecule has 0 saturated heterocycles. The van der Waals surface area contributed by atoms with Crippen LogP contribution in [0.3, 0.4) is 0 Å². The van der Waals surface area contributed by atoms with E-state index < -0.39 is 11.9 Å². The number of nitrogens with one attached hydrogen (secondary N) is 1. The lowest BCUT2D eigenvalue weighted by molar-refractivity contribution is -0.121. The highest BCUT2D eigenvalue weighted by atomic mass is 19.1. The molecular weight excluding hydrogens is 337 g/mol. The Bertz CT molecular complexity index is 708. The Morgan fingerprint density at radius 3 is 2.77 bits per heavy atom. The molecule has 1 amide bonds. The summed E-state index contributed by atoms with van der Waals surface area (Å²) in [5.74, 6) is 0.239. The van der Waals surface area contributed by atoms with Crippen molar-refractivity contribution in [2.24, 2.45) is 0 Å². The van der Waals surface area contributed by atoms with Crippen molar-refractivity contribution >= 4 is 5.91 Å². The lowest BCUT2D eigenvalue weighted by Crippen LogP contribution is -2.35. The summed E-state index contributed by atoms with van der Waals surface area (Å²) in [6.45, 7) is 2.41. The van der Waals surface area contributed by atoms with Crippen LogP contribution >= 0.6 is 0 Å². The molecule has 2 rings (SSSR count). The molecule has 5 nitrogen and oxygen atoms in total. The third kappa shape index (κ3) is 7.11. The van der Waals surface area contributed by atoms with Crippen molar-refractivity contribution in [3.8, 4) is 11.5 Å². The number of halogens is 1. The third-order valence-electron chi connectivity index (χ3n) is 3.61. The fourth-order valence-electron chi connectivity index (χ4n) is 2.25. The van der Waals surface area contributed by atoms with Gasteiger partial charge in [0.25, 0.3) is 0 Å². The fourth-order valence-corrected chi connectivity index (χ4v) is 2.25.